The Balaban J connectivity index is -0.000000380. The van der Waals surface area contributed by atoms with Gasteiger partial charge in [0.25, 0.3) is 0 Å². The van der Waals surface area contributed by atoms with Crippen LogP contribution in [0.4, 0.5) is 5.69 Å². The number of unbranched alkanes of at least 4 members (excludes halogenated alkanes) is 3. The summed E-state index contributed by atoms with van der Waals surface area (Å²) < 4.78 is 31.4. The maximum atomic E-state index is 11.1. The number of anilines is 1. The molecule has 0 radical (unpaired) electrons. The van der Waals surface area contributed by atoms with Crippen molar-refractivity contribution >= 4 is 29.4 Å². The third kappa shape index (κ3) is 46.9. The van der Waals surface area contributed by atoms with Crippen LogP contribution in [0.15, 0.2) is 61.0 Å². The number of hydrogen-bond donors (Lipinski definition) is 4. The molecule has 2 aliphatic heterocycles. The maximum Gasteiger partial charge on any atom is 0.340 e. The van der Waals surface area contributed by atoms with E-state index >= 15 is 0 Å². The minimum absolute atomic E-state index is 0.165. The number of aliphatic hydroxyl groups is 4. The summed E-state index contributed by atoms with van der Waals surface area (Å²) in [5.41, 5.74) is 2.02. The number of carbonyl (C=O) groups excluding carboxylic acids is 4. The van der Waals surface area contributed by atoms with E-state index in [1.807, 2.05) is 58.8 Å². The van der Waals surface area contributed by atoms with Crippen molar-refractivity contribution in [3.8, 4) is 0 Å². The number of aliphatic hydroxyl groups excluding tert-OH is 4. The smallest absolute Gasteiger partial charge is 0.340 e. The summed E-state index contributed by atoms with van der Waals surface area (Å²) >= 11 is 0. The predicted octanol–water partition coefficient (Wildman–Crippen LogP) is 8.31. The summed E-state index contributed by atoms with van der Waals surface area (Å²) in [7, 11) is 4.02. The summed E-state index contributed by atoms with van der Waals surface area (Å²) in [5, 5.41) is 34.0. The van der Waals surface area contributed by atoms with Gasteiger partial charge in [-0.3, -0.25) is 9.88 Å². The van der Waals surface area contributed by atoms with E-state index in [0.29, 0.717) is 50.3 Å². The summed E-state index contributed by atoms with van der Waals surface area (Å²) in [4.78, 5) is 50.3. The highest BCUT2D eigenvalue weighted by Crippen LogP contribution is 2.26. The average Bonchev–Trinajstić information content (AvgIpc) is 3.82. The normalized spacial score (nSPS) is 16.2. The lowest BCUT2D eigenvalue weighted by molar-refractivity contribution is -0.154. The van der Waals surface area contributed by atoms with Crippen LogP contribution >= 0.6 is 0 Å². The van der Waals surface area contributed by atoms with Crippen LogP contribution in [-0.4, -0.2) is 156 Å². The largest absolute Gasteiger partial charge is 0.462 e. The van der Waals surface area contributed by atoms with Crippen molar-refractivity contribution in [2.45, 2.75) is 197 Å². The van der Waals surface area contributed by atoms with Gasteiger partial charge < -0.3 is 58.5 Å². The van der Waals surface area contributed by atoms with E-state index in [9.17, 15) is 19.2 Å². The molecule has 0 spiro atoms. The quantitative estimate of drug-likeness (QED) is 0.0393. The molecule has 2 aliphatic rings. The van der Waals surface area contributed by atoms with Crippen LogP contribution in [0.3, 0.4) is 0 Å². The van der Waals surface area contributed by atoms with Crippen molar-refractivity contribution in [1.82, 2.24) is 9.88 Å². The van der Waals surface area contributed by atoms with Crippen LogP contribution < -0.4 is 4.90 Å². The zero-order valence-corrected chi connectivity index (χ0v) is 46.8. The Morgan fingerprint density at radius 3 is 1.38 bits per heavy atom. The Hall–Kier alpha value is -3.91. The molecule has 4 N–H and O–H groups in total. The molecular weight excluding hydrogens is 915 g/mol. The first-order valence-corrected chi connectivity index (χ1v) is 24.8. The minimum atomic E-state index is -0.710. The second-order valence-electron chi connectivity index (χ2n) is 18.9. The van der Waals surface area contributed by atoms with E-state index in [4.69, 9.17) is 44.1 Å². The molecule has 71 heavy (non-hydrogen) atoms. The first kappa shape index (κ1) is 73.6. The van der Waals surface area contributed by atoms with E-state index in [0.717, 1.165) is 51.5 Å². The Kier molecular flexibility index (Phi) is 45.3. The molecule has 2 fully saturated rings. The van der Waals surface area contributed by atoms with Gasteiger partial charge >= 0.3 is 17.9 Å². The van der Waals surface area contributed by atoms with Crippen molar-refractivity contribution in [3.05, 3.63) is 61.0 Å². The van der Waals surface area contributed by atoms with E-state index < -0.39 is 29.6 Å². The van der Waals surface area contributed by atoms with Gasteiger partial charge in [0.1, 0.15) is 5.78 Å². The molecule has 0 aromatic carbocycles. The number of hydrogen-bond acceptors (Lipinski definition) is 17. The first-order valence-electron chi connectivity index (χ1n) is 24.8. The Labute approximate surface area is 429 Å². The molecule has 17 heteroatoms. The third-order valence-corrected chi connectivity index (χ3v) is 9.48. The number of pyridine rings is 1. The van der Waals surface area contributed by atoms with E-state index in [-0.39, 0.29) is 54.9 Å². The van der Waals surface area contributed by atoms with Crippen molar-refractivity contribution in [2.24, 2.45) is 0 Å². The number of carbonyl (C=O) groups is 4. The van der Waals surface area contributed by atoms with Crippen molar-refractivity contribution in [3.63, 3.8) is 0 Å². The van der Waals surface area contributed by atoms with Crippen LogP contribution in [0.5, 0.6) is 0 Å². The lowest BCUT2D eigenvalue weighted by Gasteiger charge is -2.28. The molecule has 3 atom stereocenters. The number of ether oxygens (including phenoxy) is 6. The molecule has 2 saturated heterocycles. The molecule has 0 aliphatic carbocycles. The van der Waals surface area contributed by atoms with E-state index in [1.165, 1.54) is 33.4 Å². The number of rotatable bonds is 21. The van der Waals surface area contributed by atoms with Crippen molar-refractivity contribution < 1.29 is 68.0 Å². The highest BCUT2D eigenvalue weighted by atomic mass is 16.7. The molecule has 17 nitrogen and oxygen atoms in total. The van der Waals surface area contributed by atoms with Gasteiger partial charge in [0.15, 0.2) is 11.6 Å². The maximum absolute atomic E-state index is 11.1. The summed E-state index contributed by atoms with van der Waals surface area (Å²) in [6.07, 6.45) is 11.0. The predicted molar refractivity (Wildman–Crippen MR) is 283 cm³/mol. The Morgan fingerprint density at radius 2 is 1.10 bits per heavy atom. The zero-order chi connectivity index (χ0) is 55.8. The van der Waals surface area contributed by atoms with Crippen LogP contribution in [0, 0.1) is 0 Å². The number of Topliss-reactive ketones (excluding diaryl/α,β-unsaturated/α-hetero) is 1. The summed E-state index contributed by atoms with van der Waals surface area (Å²) in [5.74, 6) is -2.41. The van der Waals surface area contributed by atoms with Gasteiger partial charge in [-0.25, -0.2) is 14.4 Å². The average molecular weight is 1010 g/mol. The highest BCUT2D eigenvalue weighted by molar-refractivity contribution is 6.00. The molecule has 3 rings (SSSR count). The number of aromatic nitrogens is 1. The summed E-state index contributed by atoms with van der Waals surface area (Å²) in [6, 6.07) is 5.32. The lowest BCUT2D eigenvalue weighted by Crippen LogP contribution is -2.36. The SMILES string of the molecule is C=C(C)C(=O)OC(=O)C(=C)C.C=C(C)C(=O)OCCCCC1COC(C)(C)O1.CC(C)=O.CC1(C)OCC(CCCCO)O1.CCN(C(C)C)C(C)C.CN(C)c1ccncc1.OCCCCC(O)CO. The van der Waals surface area contributed by atoms with Gasteiger partial charge in [-0.05, 0) is 166 Å². The summed E-state index contributed by atoms with van der Waals surface area (Å²) in [6.45, 7) is 39.9. The zero-order valence-electron chi connectivity index (χ0n) is 46.8. The van der Waals surface area contributed by atoms with Gasteiger partial charge in [-0.1, -0.05) is 26.7 Å². The second kappa shape index (κ2) is 43.7. The standard InChI is InChI=1S/C13H22O4.C9H18O3.C8H19N.C8H10O3.C7H10N2.C6H14O3.C3H6O/c1-10(2)12(14)15-8-6-5-7-11-9-16-13(3,4)17-11;1-9(2)11-7-8(12-9)5-3-4-6-10;1-6-9(7(2)3)8(4)5;1-5(2)7(9)11-8(10)6(3)4;1-9(2)7-3-5-8-6-4-7;7-4-2-1-3-6(9)5-8;1-3(2)4/h11H,1,5-9H2,2-4H3;8,10H,3-7H2,1-2H3;7-8H,6H2,1-5H3;1,3H2,2,4H3;3-6H,1-2H3;6-9H,1-5H2;1-2H3. The van der Waals surface area contributed by atoms with Crippen LogP contribution in [0.1, 0.15) is 155 Å². The molecule has 0 amide bonds. The third-order valence-electron chi connectivity index (χ3n) is 9.48. The number of esters is 3. The highest BCUT2D eigenvalue weighted by Gasteiger charge is 2.32. The fraction of sp³-hybridized carbons (Fsp3) is 0.722. The molecule has 1 aromatic heterocycles. The monoisotopic (exact) mass is 1010 g/mol. The molecule has 0 saturated carbocycles. The van der Waals surface area contributed by atoms with Gasteiger partial charge in [-0.15, -0.1) is 0 Å². The lowest BCUT2D eigenvalue weighted by atomic mass is 10.2. The van der Waals surface area contributed by atoms with Crippen LogP contribution in [0.2, 0.25) is 0 Å². The van der Waals surface area contributed by atoms with Gasteiger partial charge in [0.05, 0.1) is 44.7 Å². The van der Waals surface area contributed by atoms with Crippen LogP contribution in [0.25, 0.3) is 0 Å². The minimum Gasteiger partial charge on any atom is -0.462 e. The van der Waals surface area contributed by atoms with E-state index in [2.05, 4.69) is 69.0 Å². The molecular formula is C54H99N3O14. The van der Waals surface area contributed by atoms with Gasteiger partial charge in [0.2, 0.25) is 0 Å². The van der Waals surface area contributed by atoms with Crippen LogP contribution in [-0.2, 0) is 47.6 Å². The van der Waals surface area contributed by atoms with Crippen molar-refractivity contribution in [1.29, 1.82) is 0 Å². The molecule has 3 unspecified atom stereocenters. The number of ketones is 1. The van der Waals surface area contributed by atoms with Gasteiger partial charge in [0, 0.05) is 74.2 Å². The second-order valence-corrected chi connectivity index (χ2v) is 18.9. The van der Waals surface area contributed by atoms with Gasteiger partial charge in [-0.2, -0.15) is 0 Å². The fourth-order valence-corrected chi connectivity index (χ4v) is 5.87. The van der Waals surface area contributed by atoms with Crippen molar-refractivity contribution in [2.75, 3.05) is 65.2 Å². The Bertz CT molecular complexity index is 1550. The molecule has 3 heterocycles. The molecule has 414 valence electrons. The molecule has 0 bridgehead atoms. The van der Waals surface area contributed by atoms with E-state index in [1.54, 1.807) is 19.3 Å². The number of nitrogens with zero attached hydrogens (tertiary/aromatic N) is 3. The first-order chi connectivity index (χ1) is 32.9. The topological polar surface area (TPSA) is 224 Å². The molecule has 1 aromatic rings. The Morgan fingerprint density at radius 1 is 0.704 bits per heavy atom. The fourth-order valence-electron chi connectivity index (χ4n) is 5.87.